The Morgan fingerprint density at radius 3 is 2.74 bits per heavy atom. The standard InChI is InChI=1S/C13H17NO4S/c1-17-8-7-14-12(15)9-18-13(16)10-5-3-4-6-11(10)19-2/h3-6H,7-9H2,1-2H3,(H,14,15). The van der Waals surface area contributed by atoms with E-state index in [1.807, 2.05) is 18.4 Å². The summed E-state index contributed by atoms with van der Waals surface area (Å²) in [6.45, 7) is 0.536. The van der Waals surface area contributed by atoms with Crippen LogP contribution in [0.4, 0.5) is 0 Å². The van der Waals surface area contributed by atoms with Crippen molar-refractivity contribution in [3.63, 3.8) is 0 Å². The lowest BCUT2D eigenvalue weighted by atomic mass is 10.2. The molecule has 5 nitrogen and oxygen atoms in total. The van der Waals surface area contributed by atoms with E-state index in [2.05, 4.69) is 5.32 Å². The second kappa shape index (κ2) is 8.55. The average molecular weight is 283 g/mol. The minimum atomic E-state index is -0.494. The summed E-state index contributed by atoms with van der Waals surface area (Å²) < 4.78 is 9.75. The maximum Gasteiger partial charge on any atom is 0.339 e. The molecule has 1 rings (SSSR count). The maximum absolute atomic E-state index is 11.8. The van der Waals surface area contributed by atoms with Crippen molar-refractivity contribution in [3.05, 3.63) is 29.8 Å². The highest BCUT2D eigenvalue weighted by molar-refractivity contribution is 7.98. The molecule has 0 aliphatic carbocycles. The molecule has 1 aromatic carbocycles. The normalized spacial score (nSPS) is 10.0. The molecule has 0 aliphatic heterocycles. The zero-order valence-electron chi connectivity index (χ0n) is 11.0. The van der Waals surface area contributed by atoms with Crippen molar-refractivity contribution in [2.75, 3.05) is 33.1 Å². The molecule has 0 spiro atoms. The molecule has 0 fully saturated rings. The fourth-order valence-electron chi connectivity index (χ4n) is 1.37. The van der Waals surface area contributed by atoms with Gasteiger partial charge in [0.25, 0.3) is 5.91 Å². The smallest absolute Gasteiger partial charge is 0.339 e. The number of hydrogen-bond acceptors (Lipinski definition) is 5. The fourth-order valence-corrected chi connectivity index (χ4v) is 1.95. The van der Waals surface area contributed by atoms with Crippen LogP contribution in [-0.4, -0.2) is 45.0 Å². The Kier molecular flexibility index (Phi) is 6.99. The van der Waals surface area contributed by atoms with Crippen molar-refractivity contribution in [3.8, 4) is 0 Å². The molecule has 0 heterocycles. The van der Waals surface area contributed by atoms with Gasteiger partial charge in [-0.3, -0.25) is 4.79 Å². The molecule has 19 heavy (non-hydrogen) atoms. The van der Waals surface area contributed by atoms with Gasteiger partial charge in [-0.25, -0.2) is 4.79 Å². The zero-order chi connectivity index (χ0) is 14.1. The van der Waals surface area contributed by atoms with Crippen LogP contribution in [0.25, 0.3) is 0 Å². The lowest BCUT2D eigenvalue weighted by Gasteiger charge is -2.08. The Morgan fingerprint density at radius 1 is 1.32 bits per heavy atom. The van der Waals surface area contributed by atoms with Gasteiger partial charge in [-0.05, 0) is 18.4 Å². The average Bonchev–Trinajstić information content (AvgIpc) is 2.45. The number of thioether (sulfide) groups is 1. The number of benzene rings is 1. The molecule has 0 aromatic heterocycles. The van der Waals surface area contributed by atoms with E-state index in [1.165, 1.54) is 11.8 Å². The molecule has 0 radical (unpaired) electrons. The van der Waals surface area contributed by atoms with Crippen LogP contribution in [0, 0.1) is 0 Å². The molecule has 1 N–H and O–H groups in total. The van der Waals surface area contributed by atoms with Crippen molar-refractivity contribution in [1.29, 1.82) is 0 Å². The fraction of sp³-hybridized carbons (Fsp3) is 0.385. The summed E-state index contributed by atoms with van der Waals surface area (Å²) in [5.41, 5.74) is 0.472. The first-order valence-corrected chi connectivity index (χ1v) is 6.97. The molecule has 6 heteroatoms. The van der Waals surface area contributed by atoms with Crippen molar-refractivity contribution < 1.29 is 19.1 Å². The highest BCUT2D eigenvalue weighted by atomic mass is 32.2. The first-order valence-electron chi connectivity index (χ1n) is 5.74. The Labute approximate surface area is 116 Å². The zero-order valence-corrected chi connectivity index (χ0v) is 11.8. The van der Waals surface area contributed by atoms with Gasteiger partial charge < -0.3 is 14.8 Å². The number of carbonyl (C=O) groups excluding carboxylic acids is 2. The third-order valence-corrected chi connectivity index (χ3v) is 3.09. The summed E-state index contributed by atoms with van der Waals surface area (Å²) in [5, 5.41) is 2.57. The Morgan fingerprint density at radius 2 is 2.05 bits per heavy atom. The minimum Gasteiger partial charge on any atom is -0.452 e. The van der Waals surface area contributed by atoms with Crippen LogP contribution in [0.3, 0.4) is 0 Å². The van der Waals surface area contributed by atoms with Gasteiger partial charge in [0.05, 0.1) is 12.2 Å². The van der Waals surface area contributed by atoms with Crippen LogP contribution in [0.1, 0.15) is 10.4 Å². The summed E-state index contributed by atoms with van der Waals surface area (Å²) in [6, 6.07) is 7.12. The second-order valence-electron chi connectivity index (χ2n) is 3.62. The van der Waals surface area contributed by atoms with Gasteiger partial charge in [-0.1, -0.05) is 12.1 Å². The van der Waals surface area contributed by atoms with Gasteiger partial charge in [-0.15, -0.1) is 11.8 Å². The quantitative estimate of drug-likeness (QED) is 0.464. The molecule has 0 atom stereocenters. The third-order valence-electron chi connectivity index (χ3n) is 2.29. The van der Waals surface area contributed by atoms with Gasteiger partial charge in [-0.2, -0.15) is 0 Å². The number of carbonyl (C=O) groups is 2. The van der Waals surface area contributed by atoms with E-state index in [0.717, 1.165) is 4.90 Å². The van der Waals surface area contributed by atoms with Crippen molar-refractivity contribution >= 4 is 23.6 Å². The highest BCUT2D eigenvalue weighted by Crippen LogP contribution is 2.20. The number of hydrogen-bond donors (Lipinski definition) is 1. The summed E-state index contributed by atoms with van der Waals surface area (Å²) in [4.78, 5) is 24.0. The molecule has 1 aromatic rings. The summed E-state index contributed by atoms with van der Waals surface area (Å²) in [6.07, 6.45) is 1.88. The predicted molar refractivity (Wildman–Crippen MR) is 73.4 cm³/mol. The van der Waals surface area contributed by atoms with Crippen LogP contribution in [0.5, 0.6) is 0 Å². The van der Waals surface area contributed by atoms with E-state index in [4.69, 9.17) is 9.47 Å². The van der Waals surface area contributed by atoms with Gasteiger partial charge in [0.15, 0.2) is 6.61 Å². The number of nitrogens with one attached hydrogen (secondary N) is 1. The van der Waals surface area contributed by atoms with Gasteiger partial charge in [0, 0.05) is 18.6 Å². The predicted octanol–water partition coefficient (Wildman–Crippen LogP) is 1.33. The number of amides is 1. The Balaban J connectivity index is 2.44. The molecule has 0 bridgehead atoms. The number of methoxy groups -OCH3 is 1. The van der Waals surface area contributed by atoms with Crippen LogP contribution in [0.15, 0.2) is 29.2 Å². The first kappa shape index (κ1) is 15.5. The maximum atomic E-state index is 11.8. The summed E-state index contributed by atoms with van der Waals surface area (Å²) in [7, 11) is 1.55. The highest BCUT2D eigenvalue weighted by Gasteiger charge is 2.13. The lowest BCUT2D eigenvalue weighted by Crippen LogP contribution is -2.31. The van der Waals surface area contributed by atoms with Gasteiger partial charge in [0.1, 0.15) is 0 Å². The molecular formula is C13H17NO4S. The van der Waals surface area contributed by atoms with E-state index in [-0.39, 0.29) is 12.5 Å². The Bertz CT molecular complexity index is 436. The van der Waals surface area contributed by atoms with Gasteiger partial charge >= 0.3 is 5.97 Å². The van der Waals surface area contributed by atoms with Crippen molar-refractivity contribution in [2.24, 2.45) is 0 Å². The van der Waals surface area contributed by atoms with Crippen molar-refractivity contribution in [2.45, 2.75) is 4.90 Å². The second-order valence-corrected chi connectivity index (χ2v) is 4.47. The SMILES string of the molecule is COCCNC(=O)COC(=O)c1ccccc1SC. The first-order chi connectivity index (χ1) is 9.19. The van der Waals surface area contributed by atoms with Crippen LogP contribution >= 0.6 is 11.8 Å². The molecule has 0 unspecified atom stereocenters. The van der Waals surface area contributed by atoms with Crippen molar-refractivity contribution in [1.82, 2.24) is 5.32 Å². The van der Waals surface area contributed by atoms with Crippen LogP contribution < -0.4 is 5.32 Å². The van der Waals surface area contributed by atoms with E-state index in [0.29, 0.717) is 18.7 Å². The third kappa shape index (κ3) is 5.32. The van der Waals surface area contributed by atoms with E-state index in [9.17, 15) is 9.59 Å². The van der Waals surface area contributed by atoms with E-state index in [1.54, 1.807) is 19.2 Å². The summed E-state index contributed by atoms with van der Waals surface area (Å²) >= 11 is 1.46. The lowest BCUT2D eigenvalue weighted by molar-refractivity contribution is -0.124. The minimum absolute atomic E-state index is 0.286. The van der Waals surface area contributed by atoms with E-state index >= 15 is 0 Å². The monoisotopic (exact) mass is 283 g/mol. The summed E-state index contributed by atoms with van der Waals surface area (Å²) in [5.74, 6) is -0.834. The molecule has 1 amide bonds. The van der Waals surface area contributed by atoms with Crippen LogP contribution in [0.2, 0.25) is 0 Å². The van der Waals surface area contributed by atoms with E-state index < -0.39 is 5.97 Å². The number of ether oxygens (including phenoxy) is 2. The number of rotatable bonds is 7. The number of esters is 1. The largest absolute Gasteiger partial charge is 0.452 e. The molecule has 0 saturated carbocycles. The molecule has 104 valence electrons. The molecule has 0 saturated heterocycles. The Hall–Kier alpha value is -1.53. The molecular weight excluding hydrogens is 266 g/mol. The molecule has 0 aliphatic rings. The van der Waals surface area contributed by atoms with Gasteiger partial charge in [0.2, 0.25) is 0 Å². The topological polar surface area (TPSA) is 64.6 Å². The van der Waals surface area contributed by atoms with Crippen LogP contribution in [-0.2, 0) is 14.3 Å².